The summed E-state index contributed by atoms with van der Waals surface area (Å²) in [6, 6.07) is 8.40. The Hall–Kier alpha value is -1.06. The van der Waals surface area contributed by atoms with Gasteiger partial charge >= 0.3 is 0 Å². The van der Waals surface area contributed by atoms with Gasteiger partial charge in [0.25, 0.3) is 0 Å². The van der Waals surface area contributed by atoms with Crippen LogP contribution in [-0.4, -0.2) is 63.4 Å². The van der Waals surface area contributed by atoms with E-state index in [1.807, 2.05) is 12.1 Å². The summed E-state index contributed by atoms with van der Waals surface area (Å²) in [5.41, 5.74) is 1.11. The molecule has 1 aromatic rings. The van der Waals surface area contributed by atoms with Crippen LogP contribution in [0.5, 0.6) is 5.75 Å². The zero-order valence-corrected chi connectivity index (χ0v) is 21.0. The van der Waals surface area contributed by atoms with Crippen molar-refractivity contribution in [1.29, 1.82) is 0 Å². The highest BCUT2D eigenvalue weighted by Gasteiger charge is 2.20. The maximum absolute atomic E-state index is 5.46. The van der Waals surface area contributed by atoms with E-state index in [4.69, 9.17) is 9.47 Å². The van der Waals surface area contributed by atoms with Crippen LogP contribution in [0.3, 0.4) is 0 Å². The molecular formula is C22H39IN4O2. The predicted octanol–water partition coefficient (Wildman–Crippen LogP) is 3.51. The van der Waals surface area contributed by atoms with E-state index in [2.05, 4.69) is 53.4 Å². The number of nitrogens with zero attached hydrogens (tertiary/aromatic N) is 2. The summed E-state index contributed by atoms with van der Waals surface area (Å²) in [4.78, 5) is 7.21. The van der Waals surface area contributed by atoms with Crippen LogP contribution in [0.2, 0.25) is 0 Å². The summed E-state index contributed by atoms with van der Waals surface area (Å²) in [5, 5.41) is 6.85. The third-order valence-corrected chi connectivity index (χ3v) is 5.35. The van der Waals surface area contributed by atoms with Crippen molar-refractivity contribution in [1.82, 2.24) is 15.5 Å². The van der Waals surface area contributed by atoms with Gasteiger partial charge in [-0.2, -0.15) is 0 Å². The largest absolute Gasteiger partial charge is 0.497 e. The number of likely N-dealkylation sites (tertiary alicyclic amines) is 1. The molecule has 29 heavy (non-hydrogen) atoms. The molecule has 1 heterocycles. The second-order valence-corrected chi connectivity index (χ2v) is 8.11. The number of rotatable bonds is 9. The van der Waals surface area contributed by atoms with Crippen LogP contribution >= 0.6 is 24.0 Å². The smallest absolute Gasteiger partial charge is 0.191 e. The topological polar surface area (TPSA) is 58.1 Å². The first-order valence-electron chi connectivity index (χ1n) is 10.4. The molecule has 166 valence electrons. The molecule has 1 fully saturated rings. The average molecular weight is 518 g/mol. The number of aliphatic imine (C=N–C) groups is 1. The van der Waals surface area contributed by atoms with Crippen molar-refractivity contribution < 1.29 is 9.47 Å². The summed E-state index contributed by atoms with van der Waals surface area (Å²) in [5.74, 6) is 2.49. The van der Waals surface area contributed by atoms with Gasteiger partial charge in [-0.25, -0.2) is 0 Å². The third-order valence-electron chi connectivity index (χ3n) is 5.35. The molecular weight excluding hydrogens is 479 g/mol. The molecule has 7 heteroatoms. The number of nitrogens with one attached hydrogen (secondary N) is 2. The second kappa shape index (κ2) is 13.3. The molecule has 2 rings (SSSR count). The first-order chi connectivity index (χ1) is 13.5. The Bertz CT molecular complexity index is 599. The molecule has 1 saturated heterocycles. The molecule has 0 aromatic heterocycles. The molecule has 6 nitrogen and oxygen atoms in total. The van der Waals surface area contributed by atoms with Gasteiger partial charge in [0.15, 0.2) is 5.96 Å². The number of halogens is 1. The first-order valence-corrected chi connectivity index (χ1v) is 10.4. The number of methoxy groups -OCH3 is 2. The minimum absolute atomic E-state index is 0. The maximum atomic E-state index is 5.46. The van der Waals surface area contributed by atoms with Gasteiger partial charge in [-0.1, -0.05) is 12.1 Å². The summed E-state index contributed by atoms with van der Waals surface area (Å²) in [6.07, 6.45) is 2.43. The normalized spacial score (nSPS) is 16.2. The molecule has 1 aliphatic heterocycles. The van der Waals surface area contributed by atoms with Crippen molar-refractivity contribution in [2.24, 2.45) is 10.9 Å². The van der Waals surface area contributed by atoms with E-state index in [-0.39, 0.29) is 29.6 Å². The Labute approximate surface area is 193 Å². The molecule has 0 aliphatic carbocycles. The van der Waals surface area contributed by atoms with E-state index in [0.29, 0.717) is 12.5 Å². The molecule has 0 radical (unpaired) electrons. The van der Waals surface area contributed by atoms with Gasteiger partial charge in [0.05, 0.1) is 19.3 Å². The highest BCUT2D eigenvalue weighted by atomic mass is 127. The van der Waals surface area contributed by atoms with Crippen LogP contribution in [0.25, 0.3) is 0 Å². The van der Waals surface area contributed by atoms with Crippen molar-refractivity contribution >= 4 is 29.9 Å². The van der Waals surface area contributed by atoms with Crippen molar-refractivity contribution in [3.8, 4) is 5.75 Å². The van der Waals surface area contributed by atoms with Gasteiger partial charge in [-0.05, 0) is 70.3 Å². The minimum Gasteiger partial charge on any atom is -0.497 e. The van der Waals surface area contributed by atoms with Gasteiger partial charge < -0.3 is 20.1 Å². The molecule has 2 N–H and O–H groups in total. The average Bonchev–Trinajstić information content (AvgIpc) is 2.72. The Morgan fingerprint density at radius 1 is 1.14 bits per heavy atom. The van der Waals surface area contributed by atoms with Crippen LogP contribution in [-0.2, 0) is 11.3 Å². The van der Waals surface area contributed by atoms with Crippen LogP contribution in [0, 0.1) is 5.92 Å². The summed E-state index contributed by atoms with van der Waals surface area (Å²) < 4.78 is 10.7. The standard InChI is InChI=1S/C22H38N4O2.HI/c1-6-23-21(25-17-22(2,3)28-5)24-15-18-11-13-26(14-12-18)16-19-7-9-20(27-4)10-8-19;/h7-10,18H,6,11-17H2,1-5H3,(H2,23,24,25);1H. The van der Waals surface area contributed by atoms with Gasteiger partial charge in [0, 0.05) is 26.7 Å². The lowest BCUT2D eigenvalue weighted by Crippen LogP contribution is -2.43. The lowest BCUT2D eigenvalue weighted by Gasteiger charge is -2.32. The van der Waals surface area contributed by atoms with E-state index in [1.165, 1.54) is 18.4 Å². The maximum Gasteiger partial charge on any atom is 0.191 e. The molecule has 1 aliphatic rings. The molecule has 0 spiro atoms. The van der Waals surface area contributed by atoms with Crippen molar-refractivity contribution in [3.63, 3.8) is 0 Å². The third kappa shape index (κ3) is 9.53. The minimum atomic E-state index is -0.241. The molecule has 0 amide bonds. The second-order valence-electron chi connectivity index (χ2n) is 8.11. The van der Waals surface area contributed by atoms with E-state index in [0.717, 1.165) is 44.4 Å². The summed E-state index contributed by atoms with van der Waals surface area (Å²) >= 11 is 0. The summed E-state index contributed by atoms with van der Waals surface area (Å²) in [6.45, 7) is 12.0. The molecule has 0 bridgehead atoms. The lowest BCUT2D eigenvalue weighted by molar-refractivity contribution is 0.0310. The van der Waals surface area contributed by atoms with Gasteiger partial charge in [0.1, 0.15) is 5.75 Å². The highest BCUT2D eigenvalue weighted by Crippen LogP contribution is 2.19. The number of benzene rings is 1. The molecule has 0 saturated carbocycles. The van der Waals surface area contributed by atoms with Crippen molar-refractivity contribution in [2.75, 3.05) is 46.9 Å². The fourth-order valence-electron chi connectivity index (χ4n) is 3.25. The number of hydrogen-bond acceptors (Lipinski definition) is 4. The van der Waals surface area contributed by atoms with Crippen LogP contribution in [0.4, 0.5) is 0 Å². The van der Waals surface area contributed by atoms with Crippen molar-refractivity contribution in [2.45, 2.75) is 45.8 Å². The Balaban J connectivity index is 0.00000420. The van der Waals surface area contributed by atoms with E-state index < -0.39 is 0 Å². The van der Waals surface area contributed by atoms with Crippen LogP contribution in [0.1, 0.15) is 39.2 Å². The molecule has 0 unspecified atom stereocenters. The van der Waals surface area contributed by atoms with Crippen LogP contribution < -0.4 is 15.4 Å². The zero-order chi connectivity index (χ0) is 20.4. The quantitative estimate of drug-likeness (QED) is 0.298. The number of piperidine rings is 1. The fourth-order valence-corrected chi connectivity index (χ4v) is 3.25. The molecule has 0 atom stereocenters. The van der Waals surface area contributed by atoms with Gasteiger partial charge in [0.2, 0.25) is 0 Å². The van der Waals surface area contributed by atoms with Crippen molar-refractivity contribution in [3.05, 3.63) is 29.8 Å². The predicted molar refractivity (Wildman–Crippen MR) is 131 cm³/mol. The Kier molecular flexibility index (Phi) is 11.9. The number of guanidine groups is 1. The number of ether oxygens (including phenoxy) is 2. The fraction of sp³-hybridized carbons (Fsp3) is 0.682. The van der Waals surface area contributed by atoms with Gasteiger partial charge in [-0.15, -0.1) is 24.0 Å². The summed E-state index contributed by atoms with van der Waals surface area (Å²) in [7, 11) is 3.44. The molecule has 1 aromatic carbocycles. The monoisotopic (exact) mass is 518 g/mol. The SMILES string of the molecule is CCNC(=NCC(C)(C)OC)NCC1CCN(Cc2ccc(OC)cc2)CC1.I. The van der Waals surface area contributed by atoms with E-state index >= 15 is 0 Å². The van der Waals surface area contributed by atoms with Crippen LogP contribution in [0.15, 0.2) is 29.3 Å². The van der Waals surface area contributed by atoms with E-state index in [1.54, 1.807) is 14.2 Å². The van der Waals surface area contributed by atoms with E-state index in [9.17, 15) is 0 Å². The first kappa shape index (κ1) is 26.0. The Morgan fingerprint density at radius 3 is 2.34 bits per heavy atom. The lowest BCUT2D eigenvalue weighted by atomic mass is 9.96. The Morgan fingerprint density at radius 2 is 1.79 bits per heavy atom. The highest BCUT2D eigenvalue weighted by molar-refractivity contribution is 14.0. The zero-order valence-electron chi connectivity index (χ0n) is 18.7. The van der Waals surface area contributed by atoms with Gasteiger partial charge in [-0.3, -0.25) is 9.89 Å². The number of hydrogen-bond donors (Lipinski definition) is 2.